The Morgan fingerprint density at radius 3 is 2.95 bits per heavy atom. The Kier molecular flexibility index (Phi) is 4.47. The number of nitrogens with two attached hydrogens (primary N) is 1. The Morgan fingerprint density at radius 2 is 2.25 bits per heavy atom. The molecule has 2 rings (SSSR count). The maximum absolute atomic E-state index is 13.9. The highest BCUT2D eigenvalue weighted by Gasteiger charge is 2.14. The standard InChI is InChI=1S/C14H17FN4O/c1-2-3-5-9(8-20)17-13-12-10(15)6-4-7-11(12)18-14(16)19-13/h2,4,6-7,9,20H,1,3,5,8H2,(H3,16,17,18,19)/t9-/m0/s1. The second kappa shape index (κ2) is 6.29. The van der Waals surface area contributed by atoms with E-state index < -0.39 is 5.82 Å². The fourth-order valence-electron chi connectivity index (χ4n) is 1.99. The normalized spacial score (nSPS) is 12.3. The molecule has 1 atom stereocenters. The average Bonchev–Trinajstić information content (AvgIpc) is 2.42. The zero-order valence-electron chi connectivity index (χ0n) is 11.0. The summed E-state index contributed by atoms with van der Waals surface area (Å²) < 4.78 is 13.9. The fourth-order valence-corrected chi connectivity index (χ4v) is 1.99. The Bertz CT molecular complexity index is 617. The SMILES string of the molecule is C=CCC[C@@H](CO)Nc1nc(N)nc2cccc(F)c12. The average molecular weight is 276 g/mol. The number of aliphatic hydroxyl groups is 1. The smallest absolute Gasteiger partial charge is 0.222 e. The number of nitrogens with zero attached hydrogens (tertiary/aromatic N) is 2. The fraction of sp³-hybridized carbons (Fsp3) is 0.286. The predicted octanol–water partition coefficient (Wildman–Crippen LogP) is 2.09. The van der Waals surface area contributed by atoms with Gasteiger partial charge >= 0.3 is 0 Å². The monoisotopic (exact) mass is 276 g/mol. The van der Waals surface area contributed by atoms with Crippen LogP contribution in [0.4, 0.5) is 16.2 Å². The van der Waals surface area contributed by atoms with Crippen LogP contribution in [0.15, 0.2) is 30.9 Å². The van der Waals surface area contributed by atoms with Crippen LogP contribution in [0.1, 0.15) is 12.8 Å². The van der Waals surface area contributed by atoms with Crippen LogP contribution in [-0.4, -0.2) is 27.7 Å². The van der Waals surface area contributed by atoms with Gasteiger partial charge in [-0.25, -0.2) is 9.37 Å². The number of nitrogens with one attached hydrogen (secondary N) is 1. The van der Waals surface area contributed by atoms with E-state index in [2.05, 4.69) is 21.9 Å². The van der Waals surface area contributed by atoms with Gasteiger partial charge in [-0.05, 0) is 25.0 Å². The molecular weight excluding hydrogens is 259 g/mol. The van der Waals surface area contributed by atoms with E-state index in [1.54, 1.807) is 18.2 Å². The lowest BCUT2D eigenvalue weighted by molar-refractivity contribution is 0.269. The number of aromatic nitrogens is 2. The molecule has 0 aliphatic heterocycles. The molecule has 1 aromatic carbocycles. The minimum absolute atomic E-state index is 0.0611. The van der Waals surface area contributed by atoms with Gasteiger partial charge in [-0.15, -0.1) is 6.58 Å². The molecule has 4 N–H and O–H groups in total. The summed E-state index contributed by atoms with van der Waals surface area (Å²) >= 11 is 0. The molecule has 0 bridgehead atoms. The van der Waals surface area contributed by atoms with Crippen molar-refractivity contribution in [2.75, 3.05) is 17.7 Å². The van der Waals surface area contributed by atoms with Crippen molar-refractivity contribution < 1.29 is 9.50 Å². The van der Waals surface area contributed by atoms with Gasteiger partial charge in [0.25, 0.3) is 0 Å². The van der Waals surface area contributed by atoms with E-state index in [1.807, 2.05) is 0 Å². The van der Waals surface area contributed by atoms with E-state index in [9.17, 15) is 9.50 Å². The van der Waals surface area contributed by atoms with E-state index in [1.165, 1.54) is 6.07 Å². The van der Waals surface area contributed by atoms with Crippen molar-refractivity contribution in [3.05, 3.63) is 36.7 Å². The molecule has 106 valence electrons. The number of halogens is 1. The first-order chi connectivity index (χ1) is 9.65. The van der Waals surface area contributed by atoms with E-state index >= 15 is 0 Å². The zero-order chi connectivity index (χ0) is 14.5. The van der Waals surface area contributed by atoms with Gasteiger partial charge in [0, 0.05) is 0 Å². The second-order valence-corrected chi connectivity index (χ2v) is 4.45. The van der Waals surface area contributed by atoms with E-state index in [0.29, 0.717) is 17.8 Å². The van der Waals surface area contributed by atoms with Crippen molar-refractivity contribution in [2.24, 2.45) is 0 Å². The first kappa shape index (κ1) is 14.2. The number of hydrogen-bond acceptors (Lipinski definition) is 5. The Hall–Kier alpha value is -2.21. The van der Waals surface area contributed by atoms with Crippen LogP contribution < -0.4 is 11.1 Å². The number of aliphatic hydroxyl groups excluding tert-OH is 1. The Balaban J connectivity index is 2.39. The molecule has 0 unspecified atom stereocenters. The third-order valence-corrected chi connectivity index (χ3v) is 2.97. The van der Waals surface area contributed by atoms with Gasteiger partial charge in [0.2, 0.25) is 5.95 Å². The van der Waals surface area contributed by atoms with Crippen LogP contribution in [0.5, 0.6) is 0 Å². The highest BCUT2D eigenvalue weighted by Crippen LogP contribution is 2.25. The van der Waals surface area contributed by atoms with Gasteiger partial charge in [-0.3, -0.25) is 0 Å². The van der Waals surface area contributed by atoms with Crippen LogP contribution in [-0.2, 0) is 0 Å². The summed E-state index contributed by atoms with van der Waals surface area (Å²) in [5, 5.41) is 12.7. The number of rotatable bonds is 6. The van der Waals surface area contributed by atoms with Crippen LogP contribution in [0.3, 0.4) is 0 Å². The summed E-state index contributed by atoms with van der Waals surface area (Å²) in [6, 6.07) is 4.32. The third kappa shape index (κ3) is 3.03. The van der Waals surface area contributed by atoms with E-state index in [4.69, 9.17) is 5.73 Å². The molecule has 0 radical (unpaired) electrons. The number of anilines is 2. The van der Waals surface area contributed by atoms with Crippen LogP contribution in [0.2, 0.25) is 0 Å². The molecule has 0 saturated heterocycles. The van der Waals surface area contributed by atoms with Crippen molar-refractivity contribution >= 4 is 22.7 Å². The van der Waals surface area contributed by atoms with Crippen molar-refractivity contribution in [2.45, 2.75) is 18.9 Å². The summed E-state index contributed by atoms with van der Waals surface area (Å²) in [7, 11) is 0. The third-order valence-electron chi connectivity index (χ3n) is 2.97. The highest BCUT2D eigenvalue weighted by molar-refractivity contribution is 5.90. The van der Waals surface area contributed by atoms with Crippen molar-refractivity contribution in [3.8, 4) is 0 Å². The maximum Gasteiger partial charge on any atom is 0.222 e. The molecule has 1 heterocycles. The molecule has 5 nitrogen and oxygen atoms in total. The minimum atomic E-state index is -0.426. The number of hydrogen-bond donors (Lipinski definition) is 3. The molecule has 0 spiro atoms. The molecule has 2 aromatic rings. The molecule has 0 amide bonds. The number of benzene rings is 1. The van der Waals surface area contributed by atoms with Crippen molar-refractivity contribution in [1.29, 1.82) is 0 Å². The lowest BCUT2D eigenvalue weighted by atomic mass is 10.1. The molecule has 0 saturated carbocycles. The molecular formula is C14H17FN4O. The zero-order valence-corrected chi connectivity index (χ0v) is 11.0. The van der Waals surface area contributed by atoms with Gasteiger partial charge in [-0.2, -0.15) is 4.98 Å². The molecule has 0 fully saturated rings. The first-order valence-corrected chi connectivity index (χ1v) is 6.35. The van der Waals surface area contributed by atoms with Gasteiger partial charge in [0.1, 0.15) is 11.6 Å². The summed E-state index contributed by atoms with van der Waals surface area (Å²) in [4.78, 5) is 8.04. The van der Waals surface area contributed by atoms with Crippen LogP contribution in [0.25, 0.3) is 10.9 Å². The molecule has 0 aliphatic rings. The number of allylic oxidation sites excluding steroid dienone is 1. The second-order valence-electron chi connectivity index (χ2n) is 4.45. The quantitative estimate of drug-likeness (QED) is 0.704. The van der Waals surface area contributed by atoms with Crippen LogP contribution in [0, 0.1) is 5.82 Å². The number of nitrogen functional groups attached to an aromatic ring is 1. The molecule has 20 heavy (non-hydrogen) atoms. The summed E-state index contributed by atoms with van der Waals surface area (Å²) in [6.45, 7) is 3.55. The van der Waals surface area contributed by atoms with Gasteiger partial charge in [0.15, 0.2) is 0 Å². The molecule has 1 aromatic heterocycles. The molecule has 0 aliphatic carbocycles. The first-order valence-electron chi connectivity index (χ1n) is 6.35. The molecule has 6 heteroatoms. The van der Waals surface area contributed by atoms with Gasteiger partial charge < -0.3 is 16.2 Å². The lowest BCUT2D eigenvalue weighted by Gasteiger charge is -2.17. The predicted molar refractivity (Wildman–Crippen MR) is 77.8 cm³/mol. The largest absolute Gasteiger partial charge is 0.394 e. The van der Waals surface area contributed by atoms with Crippen LogP contribution >= 0.6 is 0 Å². The topological polar surface area (TPSA) is 84.1 Å². The lowest BCUT2D eigenvalue weighted by Crippen LogP contribution is -2.24. The minimum Gasteiger partial charge on any atom is -0.394 e. The van der Waals surface area contributed by atoms with Gasteiger partial charge in [-0.1, -0.05) is 12.1 Å². The number of fused-ring (bicyclic) bond motifs is 1. The van der Waals surface area contributed by atoms with Crippen molar-refractivity contribution in [3.63, 3.8) is 0 Å². The Morgan fingerprint density at radius 1 is 1.45 bits per heavy atom. The van der Waals surface area contributed by atoms with E-state index in [0.717, 1.165) is 6.42 Å². The summed E-state index contributed by atoms with van der Waals surface area (Å²) in [5.74, 6) is -0.0647. The summed E-state index contributed by atoms with van der Waals surface area (Å²) in [5.41, 5.74) is 6.06. The maximum atomic E-state index is 13.9. The van der Waals surface area contributed by atoms with Gasteiger partial charge in [0.05, 0.1) is 23.6 Å². The summed E-state index contributed by atoms with van der Waals surface area (Å²) in [6.07, 6.45) is 3.16. The highest BCUT2D eigenvalue weighted by atomic mass is 19.1. The van der Waals surface area contributed by atoms with Crippen molar-refractivity contribution in [1.82, 2.24) is 9.97 Å². The van der Waals surface area contributed by atoms with E-state index in [-0.39, 0.29) is 24.0 Å². The Labute approximate surface area is 116 Å².